The van der Waals surface area contributed by atoms with Gasteiger partial charge in [0.25, 0.3) is 0 Å². The van der Waals surface area contributed by atoms with Crippen LogP contribution in [0.1, 0.15) is 37.5 Å². The summed E-state index contributed by atoms with van der Waals surface area (Å²) in [5, 5.41) is 12.8. The van der Waals surface area contributed by atoms with Crippen molar-refractivity contribution >= 4 is 35.0 Å². The second-order valence-corrected chi connectivity index (χ2v) is 9.07. The van der Waals surface area contributed by atoms with Gasteiger partial charge in [-0.15, -0.1) is 10.2 Å². The van der Waals surface area contributed by atoms with Gasteiger partial charge in [-0.25, -0.2) is 0 Å². The number of thioether (sulfide) groups is 1. The van der Waals surface area contributed by atoms with Gasteiger partial charge in [-0.2, -0.15) is 0 Å². The molecule has 0 fully saturated rings. The quantitative estimate of drug-likeness (QED) is 0.277. The van der Waals surface area contributed by atoms with Gasteiger partial charge in [0.05, 0.1) is 23.6 Å². The number of benzene rings is 2. The van der Waals surface area contributed by atoms with Crippen LogP contribution in [0.5, 0.6) is 0 Å². The minimum absolute atomic E-state index is 0.108. The molecule has 1 atom stereocenters. The monoisotopic (exact) mass is 480 g/mol. The van der Waals surface area contributed by atoms with Gasteiger partial charge in [-0.05, 0) is 54.3 Å². The molecule has 4 rings (SSSR count). The summed E-state index contributed by atoms with van der Waals surface area (Å²) in [6.07, 6.45) is 2.71. The molecule has 1 N–H and O–H groups in total. The first kappa shape index (κ1) is 23.1. The highest BCUT2D eigenvalue weighted by Crippen LogP contribution is 2.30. The molecule has 8 heteroatoms. The second-order valence-electron chi connectivity index (χ2n) is 7.72. The minimum Gasteiger partial charge on any atom is -0.467 e. The Kier molecular flexibility index (Phi) is 7.52. The van der Waals surface area contributed by atoms with E-state index in [2.05, 4.69) is 41.5 Å². The Morgan fingerprint density at radius 3 is 2.61 bits per heavy atom. The number of aromatic nitrogens is 3. The molecular weight excluding hydrogens is 456 g/mol. The summed E-state index contributed by atoms with van der Waals surface area (Å²) >= 11 is 7.73. The average Bonchev–Trinajstić information content (AvgIpc) is 3.48. The molecule has 33 heavy (non-hydrogen) atoms. The van der Waals surface area contributed by atoms with E-state index in [1.807, 2.05) is 53.1 Å². The molecule has 0 aliphatic heterocycles. The Bertz CT molecular complexity index is 1210. The molecule has 0 spiro atoms. The van der Waals surface area contributed by atoms with Crippen molar-refractivity contribution in [3.8, 4) is 11.4 Å². The number of anilines is 1. The first-order valence-electron chi connectivity index (χ1n) is 10.8. The van der Waals surface area contributed by atoms with Crippen LogP contribution in [-0.2, 0) is 11.3 Å². The molecule has 1 amide bonds. The normalized spacial score (nSPS) is 12.0. The molecule has 0 saturated carbocycles. The van der Waals surface area contributed by atoms with E-state index in [0.717, 1.165) is 23.4 Å². The highest BCUT2D eigenvalue weighted by Gasteiger charge is 2.18. The highest BCUT2D eigenvalue weighted by atomic mass is 35.5. The number of hydrogen-bond acceptors (Lipinski definition) is 5. The Morgan fingerprint density at radius 1 is 1.12 bits per heavy atom. The zero-order valence-electron chi connectivity index (χ0n) is 18.5. The van der Waals surface area contributed by atoms with E-state index in [0.29, 0.717) is 28.5 Å². The fraction of sp³-hybridized carbons (Fsp3) is 0.240. The van der Waals surface area contributed by atoms with Gasteiger partial charge in [-0.1, -0.05) is 61.5 Å². The lowest BCUT2D eigenvalue weighted by Crippen LogP contribution is -2.15. The van der Waals surface area contributed by atoms with Crippen molar-refractivity contribution in [2.24, 2.45) is 0 Å². The fourth-order valence-electron chi connectivity index (χ4n) is 3.40. The topological polar surface area (TPSA) is 73.0 Å². The largest absolute Gasteiger partial charge is 0.467 e. The van der Waals surface area contributed by atoms with Crippen LogP contribution in [0.2, 0.25) is 5.02 Å². The zero-order chi connectivity index (χ0) is 23.2. The number of carbonyl (C=O) groups is 1. The first-order valence-corrected chi connectivity index (χ1v) is 12.1. The number of amides is 1. The van der Waals surface area contributed by atoms with Crippen molar-refractivity contribution in [2.45, 2.75) is 37.9 Å². The predicted octanol–water partition coefficient (Wildman–Crippen LogP) is 6.48. The predicted molar refractivity (Wildman–Crippen MR) is 133 cm³/mol. The lowest BCUT2D eigenvalue weighted by Gasteiger charge is -2.11. The Hall–Kier alpha value is -3.03. The van der Waals surface area contributed by atoms with Gasteiger partial charge < -0.3 is 9.73 Å². The molecule has 0 aliphatic rings. The molecule has 0 radical (unpaired) electrons. The second kappa shape index (κ2) is 10.7. The van der Waals surface area contributed by atoms with Crippen molar-refractivity contribution in [2.75, 3.05) is 11.1 Å². The van der Waals surface area contributed by atoms with Crippen LogP contribution in [0.4, 0.5) is 5.69 Å². The molecule has 2 aromatic carbocycles. The molecule has 170 valence electrons. The van der Waals surface area contributed by atoms with Crippen LogP contribution >= 0.6 is 23.4 Å². The number of nitrogens with zero attached hydrogens (tertiary/aromatic N) is 3. The van der Waals surface area contributed by atoms with Crippen molar-refractivity contribution in [1.29, 1.82) is 0 Å². The molecule has 4 aromatic rings. The molecule has 6 nitrogen and oxygen atoms in total. The molecule has 0 unspecified atom stereocenters. The summed E-state index contributed by atoms with van der Waals surface area (Å²) in [5.74, 6) is 1.98. The average molecular weight is 481 g/mol. The zero-order valence-corrected chi connectivity index (χ0v) is 20.1. The van der Waals surface area contributed by atoms with E-state index in [1.54, 1.807) is 6.26 Å². The Morgan fingerprint density at radius 2 is 1.91 bits per heavy atom. The van der Waals surface area contributed by atoms with Crippen LogP contribution in [0, 0.1) is 0 Å². The number of furan rings is 1. The fourth-order valence-corrected chi connectivity index (χ4v) is 4.35. The van der Waals surface area contributed by atoms with E-state index in [1.165, 1.54) is 17.3 Å². The van der Waals surface area contributed by atoms with Crippen molar-refractivity contribution in [3.63, 3.8) is 0 Å². The maximum Gasteiger partial charge on any atom is 0.234 e. The van der Waals surface area contributed by atoms with E-state index in [4.69, 9.17) is 16.0 Å². The molecule has 0 bridgehead atoms. The Labute approximate surface area is 202 Å². The third-order valence-electron chi connectivity index (χ3n) is 5.43. The van der Waals surface area contributed by atoms with Crippen LogP contribution < -0.4 is 5.32 Å². The number of halogens is 1. The maximum absolute atomic E-state index is 12.6. The molecular formula is C25H25ClN4O2S. The van der Waals surface area contributed by atoms with Gasteiger partial charge in [0.15, 0.2) is 11.0 Å². The highest BCUT2D eigenvalue weighted by molar-refractivity contribution is 7.99. The minimum atomic E-state index is -0.108. The van der Waals surface area contributed by atoms with Gasteiger partial charge >= 0.3 is 0 Å². The van der Waals surface area contributed by atoms with Crippen LogP contribution in [0.25, 0.3) is 11.4 Å². The Balaban J connectivity index is 1.48. The first-order chi connectivity index (χ1) is 16.0. The summed E-state index contributed by atoms with van der Waals surface area (Å²) in [6.45, 7) is 4.79. The molecule has 0 aliphatic carbocycles. The van der Waals surface area contributed by atoms with E-state index in [9.17, 15) is 4.79 Å². The van der Waals surface area contributed by atoms with Crippen LogP contribution in [0.3, 0.4) is 0 Å². The molecule has 0 saturated heterocycles. The van der Waals surface area contributed by atoms with Crippen molar-refractivity contribution < 1.29 is 9.21 Å². The summed E-state index contributed by atoms with van der Waals surface area (Å²) in [4.78, 5) is 12.6. The van der Waals surface area contributed by atoms with Crippen molar-refractivity contribution in [3.05, 3.63) is 83.3 Å². The molecule has 2 aromatic heterocycles. The van der Waals surface area contributed by atoms with Gasteiger partial charge in [-0.3, -0.25) is 9.36 Å². The lowest BCUT2D eigenvalue weighted by atomic mass is 9.99. The third kappa shape index (κ3) is 5.67. The summed E-state index contributed by atoms with van der Waals surface area (Å²) in [6, 6.07) is 19.2. The van der Waals surface area contributed by atoms with Gasteiger partial charge in [0, 0.05) is 11.3 Å². The van der Waals surface area contributed by atoms with Gasteiger partial charge in [0.1, 0.15) is 5.76 Å². The number of hydrogen-bond donors (Lipinski definition) is 1. The van der Waals surface area contributed by atoms with E-state index >= 15 is 0 Å². The van der Waals surface area contributed by atoms with Crippen LogP contribution in [0.15, 0.2) is 76.5 Å². The maximum atomic E-state index is 12.6. The number of rotatable bonds is 9. The smallest absolute Gasteiger partial charge is 0.234 e. The molecule has 2 heterocycles. The summed E-state index contributed by atoms with van der Waals surface area (Å²) < 4.78 is 7.44. The summed E-state index contributed by atoms with van der Waals surface area (Å²) in [5.41, 5.74) is 2.82. The van der Waals surface area contributed by atoms with Gasteiger partial charge in [0.2, 0.25) is 5.91 Å². The summed E-state index contributed by atoms with van der Waals surface area (Å²) in [7, 11) is 0. The third-order valence-corrected chi connectivity index (χ3v) is 6.73. The lowest BCUT2D eigenvalue weighted by molar-refractivity contribution is -0.113. The number of carbonyl (C=O) groups excluding carboxylic acids is 1. The van der Waals surface area contributed by atoms with Crippen molar-refractivity contribution in [1.82, 2.24) is 14.8 Å². The van der Waals surface area contributed by atoms with Crippen LogP contribution in [-0.4, -0.2) is 26.4 Å². The SMILES string of the molecule is CC[C@@H](C)c1ccc(NC(=O)CSc2nnc(-c3ccccc3Cl)n2Cc2ccco2)cc1. The standard InChI is InChI=1S/C25H25ClN4O2S/c1-3-17(2)18-10-12-19(13-11-18)27-23(31)16-33-25-29-28-24(21-8-4-5-9-22(21)26)30(25)15-20-7-6-14-32-20/h4-14,17H,3,15-16H2,1-2H3,(H,27,31)/t17-/m1/s1. The van der Waals surface area contributed by atoms with E-state index < -0.39 is 0 Å². The number of nitrogens with one attached hydrogen (secondary N) is 1. The van der Waals surface area contributed by atoms with E-state index in [-0.39, 0.29) is 11.7 Å².